The second-order valence-electron chi connectivity index (χ2n) is 11.5. The third kappa shape index (κ3) is 14.4. The molecule has 0 heterocycles. The molecule has 0 aliphatic carbocycles. The smallest absolute Gasteiger partial charge is 0.337 e. The molecule has 0 bridgehead atoms. The lowest BCUT2D eigenvalue weighted by molar-refractivity contribution is -0.128. The van der Waals surface area contributed by atoms with Crippen molar-refractivity contribution in [1.29, 1.82) is 0 Å². The first-order valence-corrected chi connectivity index (χ1v) is 16.8. The van der Waals surface area contributed by atoms with Gasteiger partial charge in [0.2, 0.25) is 0 Å². The van der Waals surface area contributed by atoms with E-state index in [-0.39, 0.29) is 12.1 Å². The molecule has 250 valence electrons. The molecule has 0 N–H and O–H groups in total. The molecule has 0 amide bonds. The highest BCUT2D eigenvalue weighted by Gasteiger charge is 2.18. The molecule has 0 radical (unpaired) electrons. The van der Waals surface area contributed by atoms with Crippen molar-refractivity contribution >= 4 is 12.4 Å². The van der Waals surface area contributed by atoms with E-state index in [1.807, 2.05) is 24.3 Å². The van der Waals surface area contributed by atoms with Crippen molar-refractivity contribution in [2.45, 2.75) is 71.6 Å². The summed E-state index contributed by atoms with van der Waals surface area (Å²) in [7, 11) is 1.42. The molecule has 0 aliphatic heterocycles. The molecular formula is C41H51NO5. The number of benzene rings is 4. The molecule has 0 fully saturated rings. The van der Waals surface area contributed by atoms with Gasteiger partial charge in [-0.05, 0) is 72.7 Å². The van der Waals surface area contributed by atoms with Gasteiger partial charge in [-0.1, -0.05) is 123 Å². The molecule has 6 heteroatoms. The average molecular weight is 638 g/mol. The third-order valence-electron chi connectivity index (χ3n) is 7.96. The zero-order chi connectivity index (χ0) is 33.5. The van der Waals surface area contributed by atoms with E-state index in [0.29, 0.717) is 25.2 Å². The Balaban J connectivity index is 0.00000111. The molecule has 1 atom stereocenters. The Hall–Kier alpha value is -4.26. The van der Waals surface area contributed by atoms with Gasteiger partial charge in [-0.2, -0.15) is 0 Å². The lowest BCUT2D eigenvalue weighted by Crippen LogP contribution is -2.30. The van der Waals surface area contributed by atoms with Crippen molar-refractivity contribution in [2.75, 3.05) is 26.8 Å². The van der Waals surface area contributed by atoms with Gasteiger partial charge in [0.1, 0.15) is 0 Å². The van der Waals surface area contributed by atoms with Crippen LogP contribution in [0.25, 0.3) is 0 Å². The van der Waals surface area contributed by atoms with Crippen LogP contribution in [-0.4, -0.2) is 44.1 Å². The highest BCUT2D eigenvalue weighted by Crippen LogP contribution is 2.23. The molecule has 0 saturated carbocycles. The molecular weight excluding hydrogens is 586 g/mol. The Morgan fingerprint density at radius 2 is 1.32 bits per heavy atom. The summed E-state index contributed by atoms with van der Waals surface area (Å²) in [5.41, 5.74) is 6.85. The van der Waals surface area contributed by atoms with Gasteiger partial charge in [0.05, 0.1) is 32.0 Å². The fraction of sp³-hybridized carbons (Fsp3) is 0.366. The second-order valence-corrected chi connectivity index (χ2v) is 11.5. The predicted molar refractivity (Wildman–Crippen MR) is 189 cm³/mol. The SMILES string of the molecule is CCCCCCN(Cc1ccc(C(=O)OC)cc1)CC(OCc1ccc(CCc2ccccc2)cc1)c1ccccc1.CCOC=O. The second kappa shape index (κ2) is 22.3. The molecule has 0 aliphatic rings. The van der Waals surface area contributed by atoms with E-state index in [2.05, 4.69) is 101 Å². The molecule has 6 nitrogen and oxygen atoms in total. The number of hydrogen-bond acceptors (Lipinski definition) is 6. The first kappa shape index (κ1) is 37.2. The Bertz CT molecular complexity index is 1390. The highest BCUT2D eigenvalue weighted by atomic mass is 16.5. The standard InChI is InChI=1S/C38H45NO3.C3H6O2/c1-3-4-5-12-27-39(28-33-23-25-36(26-24-33)38(40)41-2)29-37(35-15-10-7-11-16-35)42-30-34-21-19-32(20-22-34)18-17-31-13-8-6-9-14-31;1-2-5-3-4/h6-11,13-16,19-26,37H,3-5,12,17-18,27-30H2,1-2H3;3H,2H2,1H3. The van der Waals surface area contributed by atoms with Crippen molar-refractivity contribution in [3.63, 3.8) is 0 Å². The summed E-state index contributed by atoms with van der Waals surface area (Å²) in [6, 6.07) is 37.9. The van der Waals surface area contributed by atoms with Crippen LogP contribution in [-0.2, 0) is 45.0 Å². The van der Waals surface area contributed by atoms with Crippen LogP contribution in [0.1, 0.15) is 83.8 Å². The Kier molecular flexibility index (Phi) is 17.6. The van der Waals surface area contributed by atoms with Crippen molar-refractivity contribution in [1.82, 2.24) is 4.90 Å². The maximum Gasteiger partial charge on any atom is 0.337 e. The van der Waals surface area contributed by atoms with Crippen LogP contribution in [0.2, 0.25) is 0 Å². The maximum atomic E-state index is 11.9. The van der Waals surface area contributed by atoms with E-state index in [1.54, 1.807) is 6.92 Å². The van der Waals surface area contributed by atoms with Gasteiger partial charge in [0.25, 0.3) is 6.47 Å². The molecule has 0 saturated heterocycles. The summed E-state index contributed by atoms with van der Waals surface area (Å²) in [6.07, 6.45) is 6.88. The fourth-order valence-electron chi connectivity index (χ4n) is 5.28. The fourth-order valence-corrected chi connectivity index (χ4v) is 5.28. The normalized spacial score (nSPS) is 11.3. The molecule has 0 aromatic heterocycles. The molecule has 4 rings (SSSR count). The molecule has 1 unspecified atom stereocenters. The number of hydrogen-bond donors (Lipinski definition) is 0. The quantitative estimate of drug-likeness (QED) is 0.0582. The van der Waals surface area contributed by atoms with Gasteiger partial charge in [-0.3, -0.25) is 9.69 Å². The molecule has 4 aromatic carbocycles. The Labute approximate surface area is 281 Å². The van der Waals surface area contributed by atoms with Crippen LogP contribution in [0.15, 0.2) is 109 Å². The summed E-state index contributed by atoms with van der Waals surface area (Å²) in [4.78, 5) is 23.6. The van der Waals surface area contributed by atoms with Crippen LogP contribution in [0.5, 0.6) is 0 Å². The van der Waals surface area contributed by atoms with Gasteiger partial charge >= 0.3 is 5.97 Å². The van der Waals surface area contributed by atoms with E-state index in [9.17, 15) is 9.59 Å². The summed E-state index contributed by atoms with van der Waals surface area (Å²) in [5.74, 6) is -0.306. The van der Waals surface area contributed by atoms with E-state index in [1.165, 1.54) is 54.2 Å². The summed E-state index contributed by atoms with van der Waals surface area (Å²) >= 11 is 0. The van der Waals surface area contributed by atoms with Crippen LogP contribution in [0.4, 0.5) is 0 Å². The zero-order valence-electron chi connectivity index (χ0n) is 28.3. The van der Waals surface area contributed by atoms with E-state index < -0.39 is 0 Å². The van der Waals surface area contributed by atoms with Gasteiger partial charge in [0, 0.05) is 13.1 Å². The Morgan fingerprint density at radius 1 is 0.723 bits per heavy atom. The average Bonchev–Trinajstić information content (AvgIpc) is 3.12. The van der Waals surface area contributed by atoms with Crippen LogP contribution >= 0.6 is 0 Å². The number of carbonyl (C=O) groups excluding carboxylic acids is 2. The van der Waals surface area contributed by atoms with Crippen molar-refractivity contribution < 1.29 is 23.8 Å². The van der Waals surface area contributed by atoms with E-state index >= 15 is 0 Å². The summed E-state index contributed by atoms with van der Waals surface area (Å²) in [5, 5.41) is 0. The summed E-state index contributed by atoms with van der Waals surface area (Å²) in [6.45, 7) is 8.08. The predicted octanol–water partition coefficient (Wildman–Crippen LogP) is 8.78. The summed E-state index contributed by atoms with van der Waals surface area (Å²) < 4.78 is 15.7. The number of nitrogens with zero attached hydrogens (tertiary/aromatic N) is 1. The van der Waals surface area contributed by atoms with Crippen molar-refractivity contribution in [3.05, 3.63) is 143 Å². The van der Waals surface area contributed by atoms with Crippen LogP contribution in [0, 0.1) is 0 Å². The molecule has 0 spiro atoms. The first-order valence-electron chi connectivity index (χ1n) is 16.8. The number of esters is 1. The minimum atomic E-state index is -0.306. The number of rotatable bonds is 19. The van der Waals surface area contributed by atoms with Gasteiger partial charge < -0.3 is 14.2 Å². The molecule has 47 heavy (non-hydrogen) atoms. The first-order chi connectivity index (χ1) is 23.1. The van der Waals surface area contributed by atoms with Gasteiger partial charge in [0.15, 0.2) is 0 Å². The van der Waals surface area contributed by atoms with Crippen molar-refractivity contribution in [3.8, 4) is 0 Å². The number of methoxy groups -OCH3 is 1. The maximum absolute atomic E-state index is 11.9. The van der Waals surface area contributed by atoms with Crippen molar-refractivity contribution in [2.24, 2.45) is 0 Å². The topological polar surface area (TPSA) is 65.1 Å². The lowest BCUT2D eigenvalue weighted by Gasteiger charge is -2.28. The number of ether oxygens (including phenoxy) is 3. The largest absolute Gasteiger partial charge is 0.468 e. The van der Waals surface area contributed by atoms with E-state index in [0.717, 1.165) is 38.9 Å². The lowest BCUT2D eigenvalue weighted by atomic mass is 10.0. The minimum absolute atomic E-state index is 0.0514. The monoisotopic (exact) mass is 637 g/mol. The minimum Gasteiger partial charge on any atom is -0.468 e. The zero-order valence-corrected chi connectivity index (χ0v) is 28.3. The number of unbranched alkanes of at least 4 members (excludes halogenated alkanes) is 3. The van der Waals surface area contributed by atoms with E-state index in [4.69, 9.17) is 9.47 Å². The third-order valence-corrected chi connectivity index (χ3v) is 7.96. The van der Waals surface area contributed by atoms with Crippen LogP contribution < -0.4 is 0 Å². The van der Waals surface area contributed by atoms with Crippen LogP contribution in [0.3, 0.4) is 0 Å². The van der Waals surface area contributed by atoms with Gasteiger partial charge in [-0.25, -0.2) is 4.79 Å². The highest BCUT2D eigenvalue weighted by molar-refractivity contribution is 5.89. The Morgan fingerprint density at radius 3 is 1.89 bits per heavy atom. The number of carbonyl (C=O) groups is 2. The number of aryl methyl sites for hydroxylation is 2. The molecule has 4 aromatic rings. The van der Waals surface area contributed by atoms with Gasteiger partial charge in [-0.15, -0.1) is 0 Å².